The molecule has 2 rings (SSSR count). The van der Waals surface area contributed by atoms with Crippen molar-refractivity contribution in [1.82, 2.24) is 5.32 Å². The molecule has 1 aromatic rings. The number of piperidine rings is 1. The number of anilines is 1. The van der Waals surface area contributed by atoms with Crippen LogP contribution in [0.25, 0.3) is 0 Å². The van der Waals surface area contributed by atoms with E-state index in [2.05, 4.69) is 17.6 Å². The largest absolute Gasteiger partial charge is 0.493 e. The van der Waals surface area contributed by atoms with Gasteiger partial charge in [0.2, 0.25) is 5.91 Å². The van der Waals surface area contributed by atoms with Crippen LogP contribution in [0.2, 0.25) is 0 Å². The summed E-state index contributed by atoms with van der Waals surface area (Å²) >= 11 is 0. The average Bonchev–Trinajstić information content (AvgIpc) is 2.48. The summed E-state index contributed by atoms with van der Waals surface area (Å²) in [6.45, 7) is 4.95. The van der Waals surface area contributed by atoms with E-state index in [0.29, 0.717) is 17.5 Å². The second-order valence-electron chi connectivity index (χ2n) is 5.59. The highest BCUT2D eigenvalue weighted by molar-refractivity contribution is 5.93. The van der Waals surface area contributed by atoms with Gasteiger partial charge in [-0.25, -0.2) is 0 Å². The Morgan fingerprint density at radius 2 is 1.95 bits per heavy atom. The van der Waals surface area contributed by atoms with E-state index in [1.54, 1.807) is 14.2 Å². The van der Waals surface area contributed by atoms with Crippen LogP contribution in [0.1, 0.15) is 25.3 Å². The summed E-state index contributed by atoms with van der Waals surface area (Å²) in [5.41, 5.74) is 1.74. The molecular formula is C16H24N2O3. The molecule has 0 aliphatic carbocycles. The van der Waals surface area contributed by atoms with Crippen LogP contribution in [0.4, 0.5) is 5.69 Å². The fraction of sp³-hybridized carbons (Fsp3) is 0.562. The maximum Gasteiger partial charge on any atom is 0.227 e. The Bertz CT molecular complexity index is 516. The van der Waals surface area contributed by atoms with Crippen molar-refractivity contribution in [1.29, 1.82) is 0 Å². The highest BCUT2D eigenvalue weighted by Crippen LogP contribution is 2.33. The third-order valence-electron chi connectivity index (χ3n) is 3.98. The van der Waals surface area contributed by atoms with Crippen LogP contribution in [-0.2, 0) is 4.79 Å². The maximum atomic E-state index is 12.4. The summed E-state index contributed by atoms with van der Waals surface area (Å²) in [5, 5.41) is 6.38. The predicted molar refractivity (Wildman–Crippen MR) is 83.1 cm³/mol. The van der Waals surface area contributed by atoms with Crippen molar-refractivity contribution >= 4 is 11.6 Å². The van der Waals surface area contributed by atoms with Crippen LogP contribution >= 0.6 is 0 Å². The van der Waals surface area contributed by atoms with Gasteiger partial charge in [0.05, 0.1) is 14.2 Å². The third kappa shape index (κ3) is 3.67. The van der Waals surface area contributed by atoms with E-state index in [9.17, 15) is 4.79 Å². The van der Waals surface area contributed by atoms with E-state index in [-0.39, 0.29) is 11.8 Å². The minimum atomic E-state index is 0.0637. The molecule has 21 heavy (non-hydrogen) atoms. The molecule has 1 aromatic carbocycles. The molecule has 2 atom stereocenters. The van der Waals surface area contributed by atoms with Crippen molar-refractivity contribution in [2.24, 2.45) is 5.92 Å². The molecule has 1 aliphatic heterocycles. The van der Waals surface area contributed by atoms with E-state index >= 15 is 0 Å². The molecule has 5 nitrogen and oxygen atoms in total. The zero-order chi connectivity index (χ0) is 15.4. The van der Waals surface area contributed by atoms with Gasteiger partial charge in [-0.15, -0.1) is 0 Å². The molecule has 0 aromatic heterocycles. The molecule has 1 aliphatic rings. The molecule has 0 spiro atoms. The lowest BCUT2D eigenvalue weighted by atomic mass is 9.92. The minimum Gasteiger partial charge on any atom is -0.493 e. The number of hydrogen-bond donors (Lipinski definition) is 2. The van der Waals surface area contributed by atoms with Gasteiger partial charge >= 0.3 is 0 Å². The van der Waals surface area contributed by atoms with E-state index in [4.69, 9.17) is 9.47 Å². The Labute approximate surface area is 126 Å². The lowest BCUT2D eigenvalue weighted by Crippen LogP contribution is -2.40. The van der Waals surface area contributed by atoms with Gasteiger partial charge in [-0.2, -0.15) is 0 Å². The number of ether oxygens (including phenoxy) is 2. The maximum absolute atomic E-state index is 12.4. The number of rotatable bonds is 4. The Morgan fingerprint density at radius 3 is 2.57 bits per heavy atom. The van der Waals surface area contributed by atoms with Crippen molar-refractivity contribution in [2.45, 2.75) is 32.7 Å². The number of methoxy groups -OCH3 is 2. The van der Waals surface area contributed by atoms with Gasteiger partial charge in [-0.3, -0.25) is 4.79 Å². The third-order valence-corrected chi connectivity index (χ3v) is 3.98. The summed E-state index contributed by atoms with van der Waals surface area (Å²) in [5.74, 6) is 1.44. The zero-order valence-corrected chi connectivity index (χ0v) is 13.2. The molecule has 2 unspecified atom stereocenters. The van der Waals surface area contributed by atoms with Crippen molar-refractivity contribution in [2.75, 3.05) is 26.1 Å². The van der Waals surface area contributed by atoms with Crippen molar-refractivity contribution in [3.63, 3.8) is 0 Å². The predicted octanol–water partition coefficient (Wildman–Crippen LogP) is 2.34. The monoisotopic (exact) mass is 292 g/mol. The van der Waals surface area contributed by atoms with Crippen LogP contribution in [0.5, 0.6) is 11.5 Å². The second-order valence-corrected chi connectivity index (χ2v) is 5.59. The molecule has 1 saturated heterocycles. The quantitative estimate of drug-likeness (QED) is 0.894. The van der Waals surface area contributed by atoms with Crippen LogP contribution in [0.3, 0.4) is 0 Å². The van der Waals surface area contributed by atoms with E-state index in [1.165, 1.54) is 0 Å². The molecule has 1 amide bonds. The zero-order valence-electron chi connectivity index (χ0n) is 13.2. The van der Waals surface area contributed by atoms with Crippen LogP contribution in [0, 0.1) is 12.8 Å². The number of carbonyl (C=O) groups is 1. The van der Waals surface area contributed by atoms with Gasteiger partial charge in [0.1, 0.15) is 0 Å². The highest BCUT2D eigenvalue weighted by atomic mass is 16.5. The standard InChI is InChI=1S/C16H24N2O3/c1-10-7-14(20-3)15(21-4)9-13(10)18-16(19)12-5-6-17-11(2)8-12/h7,9,11-12,17H,5-6,8H2,1-4H3,(H,18,19). The molecule has 2 N–H and O–H groups in total. The topological polar surface area (TPSA) is 59.6 Å². The first-order chi connectivity index (χ1) is 10.0. The van der Waals surface area contributed by atoms with Gasteiger partial charge in [0.25, 0.3) is 0 Å². The Hall–Kier alpha value is -1.75. The Balaban J connectivity index is 2.13. The van der Waals surface area contributed by atoms with E-state index < -0.39 is 0 Å². The van der Waals surface area contributed by atoms with Crippen molar-refractivity contribution in [3.8, 4) is 11.5 Å². The molecule has 0 radical (unpaired) electrons. The average molecular weight is 292 g/mol. The highest BCUT2D eigenvalue weighted by Gasteiger charge is 2.25. The number of amides is 1. The number of hydrogen-bond acceptors (Lipinski definition) is 4. The van der Waals surface area contributed by atoms with Gasteiger partial charge in [0.15, 0.2) is 11.5 Å². The molecular weight excluding hydrogens is 268 g/mol. The fourth-order valence-electron chi connectivity index (χ4n) is 2.72. The molecule has 0 saturated carbocycles. The summed E-state index contributed by atoms with van der Waals surface area (Å²) in [6.07, 6.45) is 1.75. The molecule has 0 bridgehead atoms. The van der Waals surface area contributed by atoms with Gasteiger partial charge in [-0.05, 0) is 44.9 Å². The van der Waals surface area contributed by atoms with E-state index in [1.807, 2.05) is 19.1 Å². The van der Waals surface area contributed by atoms with E-state index in [0.717, 1.165) is 30.6 Å². The molecule has 5 heteroatoms. The van der Waals surface area contributed by atoms with Gasteiger partial charge in [0, 0.05) is 23.7 Å². The van der Waals surface area contributed by atoms with Crippen LogP contribution in [-0.4, -0.2) is 32.7 Å². The van der Waals surface area contributed by atoms with Gasteiger partial charge < -0.3 is 20.1 Å². The summed E-state index contributed by atoms with van der Waals surface area (Å²) in [4.78, 5) is 12.4. The van der Waals surface area contributed by atoms with Gasteiger partial charge in [-0.1, -0.05) is 0 Å². The number of benzene rings is 1. The molecule has 1 heterocycles. The van der Waals surface area contributed by atoms with Crippen LogP contribution < -0.4 is 20.1 Å². The Kier molecular flexibility index (Phi) is 5.07. The first kappa shape index (κ1) is 15.6. The first-order valence-corrected chi connectivity index (χ1v) is 7.32. The molecule has 116 valence electrons. The number of carbonyl (C=O) groups excluding carboxylic acids is 1. The number of aryl methyl sites for hydroxylation is 1. The fourth-order valence-corrected chi connectivity index (χ4v) is 2.72. The summed E-state index contributed by atoms with van der Waals surface area (Å²) in [6, 6.07) is 4.08. The molecule has 1 fully saturated rings. The Morgan fingerprint density at radius 1 is 1.29 bits per heavy atom. The lowest BCUT2D eigenvalue weighted by Gasteiger charge is -2.27. The normalized spacial score (nSPS) is 21.7. The lowest BCUT2D eigenvalue weighted by molar-refractivity contribution is -0.120. The van der Waals surface area contributed by atoms with Crippen molar-refractivity contribution in [3.05, 3.63) is 17.7 Å². The SMILES string of the molecule is COc1cc(C)c(NC(=O)C2CCNC(C)C2)cc1OC. The first-order valence-electron chi connectivity index (χ1n) is 7.32. The minimum absolute atomic E-state index is 0.0637. The summed E-state index contributed by atoms with van der Waals surface area (Å²) in [7, 11) is 3.19. The summed E-state index contributed by atoms with van der Waals surface area (Å²) < 4.78 is 10.6. The second kappa shape index (κ2) is 6.80. The number of nitrogens with one attached hydrogen (secondary N) is 2. The smallest absolute Gasteiger partial charge is 0.227 e. The van der Waals surface area contributed by atoms with Crippen LogP contribution in [0.15, 0.2) is 12.1 Å². The van der Waals surface area contributed by atoms with Crippen molar-refractivity contribution < 1.29 is 14.3 Å².